The lowest BCUT2D eigenvalue weighted by Crippen LogP contribution is -2.78. The number of hydrogen-bond donors (Lipinski definition) is 2. The number of benzene rings is 3. The van der Waals surface area contributed by atoms with Gasteiger partial charge in [0, 0.05) is 42.5 Å². The van der Waals surface area contributed by atoms with Crippen LogP contribution in [0.15, 0.2) is 51.9 Å². The normalized spacial score (nSPS) is 12.5. The summed E-state index contributed by atoms with van der Waals surface area (Å²) >= 11 is 0. The van der Waals surface area contributed by atoms with E-state index in [4.69, 9.17) is 14.5 Å². The smallest absolute Gasteiger partial charge is 0.159 e. The van der Waals surface area contributed by atoms with Gasteiger partial charge in [-0.3, -0.25) is 4.99 Å². The molecule has 1 aliphatic carbocycles. The molecule has 5 heteroatoms. The fraction of sp³-hybridized carbons (Fsp3) is 0.273. The van der Waals surface area contributed by atoms with Gasteiger partial charge in [0.15, 0.2) is 11.3 Å². The number of aromatic nitrogens is 1. The molecule has 0 fully saturated rings. The maximum absolute atomic E-state index is 9.08. The molecular formula is C22H24N3O2+. The van der Waals surface area contributed by atoms with Gasteiger partial charge in [0.25, 0.3) is 0 Å². The summed E-state index contributed by atoms with van der Waals surface area (Å²) in [5, 5.41) is 14.4. The highest BCUT2D eigenvalue weighted by Crippen LogP contribution is 2.32. The van der Waals surface area contributed by atoms with Crippen molar-refractivity contribution in [2.45, 2.75) is 20.3 Å². The van der Waals surface area contributed by atoms with Crippen LogP contribution in [0.3, 0.4) is 0 Å². The maximum Gasteiger partial charge on any atom is 0.159 e. The largest absolute Gasteiger partial charge is 0.452 e. The Kier molecular flexibility index (Phi) is 4.88. The zero-order valence-electron chi connectivity index (χ0n) is 15.7. The number of aliphatic hydroxyl groups excluding tert-OH is 1. The molecule has 2 aromatic rings. The first kappa shape index (κ1) is 17.6. The van der Waals surface area contributed by atoms with E-state index in [-0.39, 0.29) is 6.61 Å². The SMILES string of the molecule is CCN=c1cc2oc3cc([NH2+]CCCO)c4ccccc4c3nc-2cc1C. The Morgan fingerprint density at radius 3 is 2.74 bits per heavy atom. The predicted molar refractivity (Wildman–Crippen MR) is 107 cm³/mol. The van der Waals surface area contributed by atoms with Gasteiger partial charge >= 0.3 is 0 Å². The fourth-order valence-electron chi connectivity index (χ4n) is 3.48. The van der Waals surface area contributed by atoms with Crippen LogP contribution in [0.5, 0.6) is 0 Å². The lowest BCUT2D eigenvalue weighted by molar-refractivity contribution is -0.570. The third-order valence-electron chi connectivity index (χ3n) is 4.80. The minimum atomic E-state index is 0.196. The molecule has 0 bridgehead atoms. The Morgan fingerprint density at radius 2 is 1.96 bits per heavy atom. The van der Waals surface area contributed by atoms with E-state index in [0.29, 0.717) is 0 Å². The molecule has 0 aromatic heterocycles. The summed E-state index contributed by atoms with van der Waals surface area (Å²) in [6, 6.07) is 14.3. The van der Waals surface area contributed by atoms with Gasteiger partial charge in [0.05, 0.1) is 11.9 Å². The van der Waals surface area contributed by atoms with Crippen molar-refractivity contribution >= 4 is 27.6 Å². The van der Waals surface area contributed by atoms with Gasteiger partial charge in [-0.1, -0.05) is 18.2 Å². The van der Waals surface area contributed by atoms with Gasteiger partial charge in [-0.25, -0.2) is 4.98 Å². The highest BCUT2D eigenvalue weighted by atomic mass is 16.3. The van der Waals surface area contributed by atoms with Gasteiger partial charge in [-0.05, 0) is 31.5 Å². The Hall–Kier alpha value is -2.76. The zero-order chi connectivity index (χ0) is 18.8. The van der Waals surface area contributed by atoms with Gasteiger partial charge in [0.2, 0.25) is 0 Å². The van der Waals surface area contributed by atoms with Gasteiger partial charge in [-0.2, -0.15) is 0 Å². The number of rotatable bonds is 5. The number of nitrogens with two attached hydrogens (primary N) is 1. The lowest BCUT2D eigenvalue weighted by Gasteiger charge is -2.11. The van der Waals surface area contributed by atoms with Crippen LogP contribution in [0.4, 0.5) is 5.69 Å². The zero-order valence-corrected chi connectivity index (χ0v) is 15.7. The lowest BCUT2D eigenvalue weighted by atomic mass is 10.1. The molecule has 2 aromatic carbocycles. The molecular weight excluding hydrogens is 338 g/mol. The molecule has 0 radical (unpaired) electrons. The van der Waals surface area contributed by atoms with Crippen molar-refractivity contribution in [1.29, 1.82) is 0 Å². The van der Waals surface area contributed by atoms with Crippen LogP contribution in [0, 0.1) is 6.92 Å². The van der Waals surface area contributed by atoms with E-state index in [9.17, 15) is 0 Å². The second-order valence-corrected chi connectivity index (χ2v) is 6.72. The Balaban J connectivity index is 1.99. The first-order chi connectivity index (χ1) is 13.2. The molecule has 0 unspecified atom stereocenters. The molecule has 4 rings (SSSR count). The van der Waals surface area contributed by atoms with Crippen molar-refractivity contribution in [3.8, 4) is 11.5 Å². The van der Waals surface area contributed by atoms with Gasteiger partial charge in [-0.15, -0.1) is 0 Å². The van der Waals surface area contributed by atoms with Crippen LogP contribution in [0.25, 0.3) is 33.3 Å². The second-order valence-electron chi connectivity index (χ2n) is 6.72. The van der Waals surface area contributed by atoms with Gasteiger partial charge in [0.1, 0.15) is 16.9 Å². The summed E-state index contributed by atoms with van der Waals surface area (Å²) < 4.78 is 6.25. The number of aryl methyl sites for hydroxylation is 1. The van der Waals surface area contributed by atoms with Crippen molar-refractivity contribution in [3.63, 3.8) is 0 Å². The molecule has 138 valence electrons. The number of nitrogens with zero attached hydrogens (tertiary/aromatic N) is 2. The Labute approximate surface area is 157 Å². The topological polar surface area (TPSA) is 75.2 Å². The van der Waals surface area contributed by atoms with Gasteiger partial charge < -0.3 is 14.8 Å². The maximum atomic E-state index is 9.08. The summed E-state index contributed by atoms with van der Waals surface area (Å²) in [5.41, 5.74) is 4.70. The second kappa shape index (κ2) is 7.47. The molecule has 0 atom stereocenters. The number of quaternary nitrogens is 1. The summed E-state index contributed by atoms with van der Waals surface area (Å²) in [7, 11) is 0. The molecule has 0 spiro atoms. The monoisotopic (exact) mass is 362 g/mol. The van der Waals surface area contributed by atoms with Crippen LogP contribution in [-0.2, 0) is 0 Å². The van der Waals surface area contributed by atoms with Crippen LogP contribution >= 0.6 is 0 Å². The molecule has 1 aliphatic heterocycles. The molecule has 0 saturated heterocycles. The first-order valence-electron chi connectivity index (χ1n) is 9.42. The molecule has 0 amide bonds. The van der Waals surface area contributed by atoms with E-state index in [1.54, 1.807) is 0 Å². The van der Waals surface area contributed by atoms with Crippen LogP contribution in [-0.4, -0.2) is 29.8 Å². The first-order valence-corrected chi connectivity index (χ1v) is 9.42. The third-order valence-corrected chi connectivity index (χ3v) is 4.80. The Bertz CT molecular complexity index is 1150. The molecule has 0 saturated carbocycles. The number of aliphatic hydroxyl groups is 1. The van der Waals surface area contributed by atoms with E-state index < -0.39 is 0 Å². The van der Waals surface area contributed by atoms with E-state index in [0.717, 1.165) is 69.4 Å². The highest BCUT2D eigenvalue weighted by molar-refractivity contribution is 6.08. The average Bonchev–Trinajstić information content (AvgIpc) is 2.68. The summed E-state index contributed by atoms with van der Waals surface area (Å²) in [6.45, 7) is 5.84. The standard InChI is InChI=1S/C22H23N3O2/c1-3-23-17-12-20-19(11-14(17)2)25-22-16-8-5-4-7-15(16)18(13-21(22)27-20)24-9-6-10-26/h4-5,7-8,11-13,24,26H,3,6,9-10H2,1-2H3/p+1. The number of hydrogen-bond acceptors (Lipinski definition) is 4. The van der Waals surface area contributed by atoms with Crippen molar-refractivity contribution in [1.82, 2.24) is 4.98 Å². The number of fused-ring (bicyclic) bond motifs is 4. The predicted octanol–water partition coefficient (Wildman–Crippen LogP) is 2.89. The summed E-state index contributed by atoms with van der Waals surface area (Å²) in [5.74, 6) is 0.747. The van der Waals surface area contributed by atoms with Crippen LogP contribution in [0.2, 0.25) is 0 Å². The minimum Gasteiger partial charge on any atom is -0.452 e. The quantitative estimate of drug-likeness (QED) is 0.248. The van der Waals surface area contributed by atoms with E-state index in [1.807, 2.05) is 31.2 Å². The third kappa shape index (κ3) is 3.31. The molecule has 3 N–H and O–H groups in total. The van der Waals surface area contributed by atoms with Crippen molar-refractivity contribution in [2.24, 2.45) is 4.99 Å². The average molecular weight is 362 g/mol. The van der Waals surface area contributed by atoms with E-state index >= 15 is 0 Å². The van der Waals surface area contributed by atoms with Crippen molar-refractivity contribution in [2.75, 3.05) is 19.7 Å². The fourth-order valence-corrected chi connectivity index (χ4v) is 3.48. The minimum absolute atomic E-state index is 0.196. The molecule has 2 aliphatic rings. The molecule has 27 heavy (non-hydrogen) atoms. The van der Waals surface area contributed by atoms with E-state index in [1.165, 1.54) is 0 Å². The summed E-state index contributed by atoms with van der Waals surface area (Å²) in [6.07, 6.45) is 0.751. The highest BCUT2D eigenvalue weighted by Gasteiger charge is 2.16. The molecule has 1 heterocycles. The summed E-state index contributed by atoms with van der Waals surface area (Å²) in [4.78, 5) is 9.45. The van der Waals surface area contributed by atoms with E-state index in [2.05, 4.69) is 35.4 Å². The van der Waals surface area contributed by atoms with Crippen molar-refractivity contribution in [3.05, 3.63) is 53.4 Å². The van der Waals surface area contributed by atoms with Crippen LogP contribution in [0.1, 0.15) is 18.9 Å². The molecule has 5 nitrogen and oxygen atoms in total. The van der Waals surface area contributed by atoms with Crippen molar-refractivity contribution < 1.29 is 14.8 Å². The van der Waals surface area contributed by atoms with Crippen LogP contribution < -0.4 is 10.7 Å². The Morgan fingerprint density at radius 1 is 1.15 bits per heavy atom.